The van der Waals surface area contributed by atoms with E-state index in [1.807, 2.05) is 6.92 Å². The molecule has 0 aliphatic heterocycles. The molecular formula is C12H22N2OS. The number of nitrogens with zero attached hydrogens (tertiary/aromatic N) is 1. The largest absolute Gasteiger partial charge is 0.384 e. The van der Waals surface area contributed by atoms with Gasteiger partial charge in [0.2, 0.25) is 0 Å². The van der Waals surface area contributed by atoms with Gasteiger partial charge >= 0.3 is 0 Å². The lowest BCUT2D eigenvalue weighted by Gasteiger charge is -2.18. The van der Waals surface area contributed by atoms with Crippen LogP contribution in [0.3, 0.4) is 0 Å². The third-order valence-electron chi connectivity index (χ3n) is 2.34. The molecule has 1 aromatic rings. The zero-order chi connectivity index (χ0) is 12.3. The normalized spacial score (nSPS) is 14.1. The Morgan fingerprint density at radius 1 is 1.44 bits per heavy atom. The Hall–Kier alpha value is -0.450. The Kier molecular flexibility index (Phi) is 4.47. The summed E-state index contributed by atoms with van der Waals surface area (Å²) in [6.07, 6.45) is 0.872. The van der Waals surface area contributed by atoms with E-state index >= 15 is 0 Å². The van der Waals surface area contributed by atoms with Gasteiger partial charge in [0.15, 0.2) is 0 Å². The molecule has 2 N–H and O–H groups in total. The van der Waals surface area contributed by atoms with E-state index in [0.717, 1.165) is 23.7 Å². The molecule has 16 heavy (non-hydrogen) atoms. The molecule has 1 atom stereocenters. The van der Waals surface area contributed by atoms with Gasteiger partial charge in [-0.05, 0) is 6.92 Å². The van der Waals surface area contributed by atoms with Gasteiger partial charge in [-0.3, -0.25) is 0 Å². The number of methoxy groups -OCH3 is 1. The Balaban J connectivity index is 3.01. The summed E-state index contributed by atoms with van der Waals surface area (Å²) in [6.45, 7) is 9.26. The van der Waals surface area contributed by atoms with Gasteiger partial charge in [-0.2, -0.15) is 0 Å². The summed E-state index contributed by atoms with van der Waals surface area (Å²) < 4.78 is 5.08. The summed E-state index contributed by atoms with van der Waals surface area (Å²) >= 11 is 1.72. The van der Waals surface area contributed by atoms with Gasteiger partial charge in [-0.15, -0.1) is 11.3 Å². The van der Waals surface area contributed by atoms with Gasteiger partial charge in [0, 0.05) is 29.9 Å². The molecule has 0 aliphatic carbocycles. The zero-order valence-corrected chi connectivity index (χ0v) is 11.6. The van der Waals surface area contributed by atoms with E-state index in [1.54, 1.807) is 18.4 Å². The molecule has 0 bridgehead atoms. The lowest BCUT2D eigenvalue weighted by atomic mass is 9.90. The molecule has 0 saturated heterocycles. The third-order valence-corrected chi connectivity index (χ3v) is 3.66. The molecule has 4 heteroatoms. The standard InChI is InChI=1S/C12H22N2OS/c1-8(13)10-11(12(2,3)4)14-9(16-10)6-7-15-5/h8H,6-7,13H2,1-5H3. The third kappa shape index (κ3) is 3.27. The number of hydrogen-bond acceptors (Lipinski definition) is 4. The average Bonchev–Trinajstić information content (AvgIpc) is 2.58. The maximum absolute atomic E-state index is 5.99. The summed E-state index contributed by atoms with van der Waals surface area (Å²) in [5, 5.41) is 1.12. The highest BCUT2D eigenvalue weighted by molar-refractivity contribution is 7.11. The lowest BCUT2D eigenvalue weighted by molar-refractivity contribution is 0.202. The van der Waals surface area contributed by atoms with Crippen LogP contribution in [0.5, 0.6) is 0 Å². The van der Waals surface area contributed by atoms with E-state index in [-0.39, 0.29) is 11.5 Å². The predicted molar refractivity (Wildman–Crippen MR) is 69.0 cm³/mol. The minimum absolute atomic E-state index is 0.0584. The summed E-state index contributed by atoms with van der Waals surface area (Å²) in [5.41, 5.74) is 7.19. The number of aromatic nitrogens is 1. The van der Waals surface area contributed by atoms with Crippen molar-refractivity contribution >= 4 is 11.3 Å². The summed E-state index contributed by atoms with van der Waals surface area (Å²) in [4.78, 5) is 5.91. The summed E-state index contributed by atoms with van der Waals surface area (Å²) in [7, 11) is 1.71. The Bertz CT molecular complexity index is 339. The van der Waals surface area contributed by atoms with Crippen molar-refractivity contribution < 1.29 is 4.74 Å². The zero-order valence-electron chi connectivity index (χ0n) is 10.8. The van der Waals surface area contributed by atoms with E-state index in [9.17, 15) is 0 Å². The van der Waals surface area contributed by atoms with E-state index in [4.69, 9.17) is 15.5 Å². The molecule has 0 aliphatic rings. The minimum Gasteiger partial charge on any atom is -0.384 e. The van der Waals surface area contributed by atoms with Crippen molar-refractivity contribution in [1.82, 2.24) is 4.98 Å². The first-order valence-electron chi connectivity index (χ1n) is 5.61. The summed E-state index contributed by atoms with van der Waals surface area (Å²) in [6, 6.07) is 0.0584. The molecule has 0 radical (unpaired) electrons. The Morgan fingerprint density at radius 3 is 2.44 bits per heavy atom. The number of nitrogens with two attached hydrogens (primary N) is 1. The van der Waals surface area contributed by atoms with Crippen LogP contribution in [0.25, 0.3) is 0 Å². The van der Waals surface area contributed by atoms with Crippen LogP contribution in [0.2, 0.25) is 0 Å². The van der Waals surface area contributed by atoms with E-state index in [0.29, 0.717) is 0 Å². The second kappa shape index (κ2) is 5.25. The maximum atomic E-state index is 5.99. The Morgan fingerprint density at radius 2 is 2.06 bits per heavy atom. The fourth-order valence-corrected chi connectivity index (χ4v) is 2.73. The molecule has 1 unspecified atom stereocenters. The predicted octanol–water partition coefficient (Wildman–Crippen LogP) is 2.65. The molecule has 0 fully saturated rings. The van der Waals surface area contributed by atoms with Crippen molar-refractivity contribution in [3.05, 3.63) is 15.6 Å². The van der Waals surface area contributed by atoms with Gasteiger partial charge < -0.3 is 10.5 Å². The van der Waals surface area contributed by atoms with Gasteiger partial charge in [-0.25, -0.2) is 4.98 Å². The van der Waals surface area contributed by atoms with Crippen LogP contribution < -0.4 is 5.73 Å². The summed E-state index contributed by atoms with van der Waals surface area (Å²) in [5.74, 6) is 0. The number of rotatable bonds is 4. The molecule has 0 spiro atoms. The van der Waals surface area contributed by atoms with Crippen LogP contribution in [0.15, 0.2) is 0 Å². The smallest absolute Gasteiger partial charge is 0.0954 e. The van der Waals surface area contributed by atoms with Crippen LogP contribution in [-0.2, 0) is 16.6 Å². The van der Waals surface area contributed by atoms with Gasteiger partial charge in [0.05, 0.1) is 17.3 Å². The molecule has 0 amide bonds. The highest BCUT2D eigenvalue weighted by Crippen LogP contribution is 2.33. The first-order chi connectivity index (χ1) is 7.36. The topological polar surface area (TPSA) is 48.1 Å². The van der Waals surface area contributed by atoms with Crippen molar-refractivity contribution in [2.45, 2.75) is 45.6 Å². The SMILES string of the molecule is COCCc1nc(C(C)(C)C)c(C(C)N)s1. The average molecular weight is 242 g/mol. The lowest BCUT2D eigenvalue weighted by Crippen LogP contribution is -2.17. The molecule has 3 nitrogen and oxygen atoms in total. The Labute approximate surface area is 102 Å². The minimum atomic E-state index is 0.0584. The molecule has 1 heterocycles. The van der Waals surface area contributed by atoms with E-state index in [1.165, 1.54) is 4.88 Å². The fraction of sp³-hybridized carbons (Fsp3) is 0.750. The monoisotopic (exact) mass is 242 g/mol. The van der Waals surface area contributed by atoms with Gasteiger partial charge in [0.1, 0.15) is 0 Å². The molecule has 1 rings (SSSR count). The second-order valence-electron chi connectivity index (χ2n) is 5.10. The number of thiazole rings is 1. The number of ether oxygens (including phenoxy) is 1. The van der Waals surface area contributed by atoms with E-state index in [2.05, 4.69) is 20.8 Å². The molecular weight excluding hydrogens is 220 g/mol. The molecule has 92 valence electrons. The van der Waals surface area contributed by atoms with Crippen molar-refractivity contribution in [3.8, 4) is 0 Å². The fourth-order valence-electron chi connectivity index (χ4n) is 1.52. The van der Waals surface area contributed by atoms with Crippen LogP contribution in [-0.4, -0.2) is 18.7 Å². The maximum Gasteiger partial charge on any atom is 0.0954 e. The second-order valence-corrected chi connectivity index (χ2v) is 6.22. The molecule has 1 aromatic heterocycles. The first-order valence-corrected chi connectivity index (χ1v) is 6.42. The number of hydrogen-bond donors (Lipinski definition) is 1. The van der Waals surface area contributed by atoms with Crippen molar-refractivity contribution in [2.24, 2.45) is 5.73 Å². The van der Waals surface area contributed by atoms with Crippen molar-refractivity contribution in [2.75, 3.05) is 13.7 Å². The first kappa shape index (κ1) is 13.6. The highest BCUT2D eigenvalue weighted by atomic mass is 32.1. The van der Waals surface area contributed by atoms with Gasteiger partial charge in [0.25, 0.3) is 0 Å². The van der Waals surface area contributed by atoms with Crippen LogP contribution in [0, 0.1) is 0 Å². The van der Waals surface area contributed by atoms with Crippen LogP contribution in [0.1, 0.15) is 49.3 Å². The van der Waals surface area contributed by atoms with Crippen LogP contribution in [0.4, 0.5) is 0 Å². The molecule has 0 aromatic carbocycles. The van der Waals surface area contributed by atoms with E-state index < -0.39 is 0 Å². The quantitative estimate of drug-likeness (QED) is 0.883. The molecule has 0 saturated carbocycles. The van der Waals surface area contributed by atoms with Crippen LogP contribution >= 0.6 is 11.3 Å². The van der Waals surface area contributed by atoms with Crippen molar-refractivity contribution in [1.29, 1.82) is 0 Å². The van der Waals surface area contributed by atoms with Crippen molar-refractivity contribution in [3.63, 3.8) is 0 Å². The highest BCUT2D eigenvalue weighted by Gasteiger charge is 2.24. The van der Waals surface area contributed by atoms with Gasteiger partial charge in [-0.1, -0.05) is 20.8 Å².